The molecule has 1 saturated carbocycles. The highest BCUT2D eigenvalue weighted by atomic mass is 19.4. The summed E-state index contributed by atoms with van der Waals surface area (Å²) in [6, 6.07) is 9.42. The number of nitrogens with one attached hydrogen (secondary N) is 1. The maximum Gasteiger partial charge on any atom is 0.416 e. The molecule has 2 aliphatic heterocycles. The maximum atomic E-state index is 12.9. The number of carbonyl (C=O) groups is 2. The van der Waals surface area contributed by atoms with Crippen LogP contribution in [-0.2, 0) is 11.0 Å². The van der Waals surface area contributed by atoms with Crippen molar-refractivity contribution < 1.29 is 22.8 Å². The van der Waals surface area contributed by atoms with Gasteiger partial charge < -0.3 is 10.2 Å². The van der Waals surface area contributed by atoms with E-state index in [0.29, 0.717) is 24.5 Å². The maximum absolute atomic E-state index is 12.9. The topological polar surface area (TPSA) is 65.5 Å². The lowest BCUT2D eigenvalue weighted by Crippen LogP contribution is -2.46. The van der Waals surface area contributed by atoms with Crippen molar-refractivity contribution >= 4 is 11.8 Å². The van der Waals surface area contributed by atoms with Crippen molar-refractivity contribution in [2.24, 2.45) is 0 Å². The first-order valence-electron chi connectivity index (χ1n) is 12.7. The fourth-order valence-electron chi connectivity index (χ4n) is 6.34. The number of rotatable bonds is 5. The number of hydrogen-bond acceptors (Lipinski definition) is 4. The second-order valence-corrected chi connectivity index (χ2v) is 10.1. The van der Waals surface area contributed by atoms with Gasteiger partial charge in [-0.05, 0) is 74.3 Å². The van der Waals surface area contributed by atoms with E-state index in [1.807, 2.05) is 23.4 Å². The third-order valence-electron chi connectivity index (χ3n) is 8.11. The molecule has 1 aliphatic carbocycles. The average molecular weight is 501 g/mol. The normalized spacial score (nSPS) is 26.6. The van der Waals surface area contributed by atoms with Crippen molar-refractivity contribution in [3.63, 3.8) is 0 Å². The summed E-state index contributed by atoms with van der Waals surface area (Å²) in [5.41, 5.74) is 0.329. The molecule has 0 bridgehead atoms. The minimum Gasteiger partial charge on any atom is -0.343 e. The van der Waals surface area contributed by atoms with Gasteiger partial charge in [-0.25, -0.2) is 0 Å². The minimum atomic E-state index is -4.52. The summed E-state index contributed by atoms with van der Waals surface area (Å²) in [5.74, 6) is -0.288. The van der Waals surface area contributed by atoms with Gasteiger partial charge >= 0.3 is 6.18 Å². The third kappa shape index (κ3) is 5.12. The van der Waals surface area contributed by atoms with Crippen LogP contribution in [0.3, 0.4) is 0 Å². The van der Waals surface area contributed by atoms with Crippen molar-refractivity contribution in [2.75, 3.05) is 19.6 Å². The molecule has 1 aromatic heterocycles. The second-order valence-electron chi connectivity index (χ2n) is 10.1. The number of halogens is 3. The van der Waals surface area contributed by atoms with Crippen LogP contribution in [0, 0.1) is 0 Å². The van der Waals surface area contributed by atoms with Crippen LogP contribution in [0.25, 0.3) is 0 Å². The van der Waals surface area contributed by atoms with Gasteiger partial charge in [0.25, 0.3) is 5.91 Å². The highest BCUT2D eigenvalue weighted by molar-refractivity contribution is 5.96. The lowest BCUT2D eigenvalue weighted by atomic mass is 9.81. The van der Waals surface area contributed by atoms with Gasteiger partial charge in [-0.2, -0.15) is 13.2 Å². The van der Waals surface area contributed by atoms with Crippen LogP contribution in [0.5, 0.6) is 0 Å². The van der Waals surface area contributed by atoms with Crippen molar-refractivity contribution in [3.05, 3.63) is 65.5 Å². The van der Waals surface area contributed by atoms with Gasteiger partial charge in [0.05, 0.1) is 12.1 Å². The first-order valence-corrected chi connectivity index (χ1v) is 12.7. The molecular weight excluding hydrogens is 469 g/mol. The molecule has 1 aromatic carbocycles. The highest BCUT2D eigenvalue weighted by Gasteiger charge is 2.46. The molecule has 2 saturated heterocycles. The van der Waals surface area contributed by atoms with Crippen LogP contribution in [0.2, 0.25) is 0 Å². The molecule has 192 valence electrons. The van der Waals surface area contributed by atoms with E-state index < -0.39 is 17.6 Å². The molecule has 1 N–H and O–H groups in total. The number of benzene rings is 1. The van der Waals surface area contributed by atoms with E-state index in [0.717, 1.165) is 57.2 Å². The van der Waals surface area contributed by atoms with Crippen LogP contribution < -0.4 is 5.32 Å². The van der Waals surface area contributed by atoms with Gasteiger partial charge in [0.15, 0.2) is 0 Å². The second kappa shape index (κ2) is 10.2. The quantitative estimate of drug-likeness (QED) is 0.668. The molecule has 36 heavy (non-hydrogen) atoms. The van der Waals surface area contributed by atoms with Gasteiger partial charge in [0.1, 0.15) is 0 Å². The Morgan fingerprint density at radius 3 is 2.47 bits per heavy atom. The van der Waals surface area contributed by atoms with Gasteiger partial charge in [0.2, 0.25) is 5.91 Å². The van der Waals surface area contributed by atoms with Gasteiger partial charge in [-0.15, -0.1) is 0 Å². The Morgan fingerprint density at radius 1 is 0.972 bits per heavy atom. The summed E-state index contributed by atoms with van der Waals surface area (Å²) in [6.07, 6.45) is 5.67. The van der Waals surface area contributed by atoms with Gasteiger partial charge in [0, 0.05) is 49.2 Å². The largest absolute Gasteiger partial charge is 0.416 e. The molecule has 0 unspecified atom stereocenters. The Labute approximate surface area is 208 Å². The molecule has 9 heteroatoms. The van der Waals surface area contributed by atoms with Crippen LogP contribution in [0.4, 0.5) is 13.2 Å². The van der Waals surface area contributed by atoms with E-state index in [2.05, 4.69) is 21.3 Å². The summed E-state index contributed by atoms with van der Waals surface area (Å²) in [4.78, 5) is 34.1. The van der Waals surface area contributed by atoms with Gasteiger partial charge in [-0.3, -0.25) is 19.5 Å². The number of alkyl halides is 3. The molecule has 3 fully saturated rings. The molecule has 2 aromatic rings. The van der Waals surface area contributed by atoms with Crippen LogP contribution in [0.1, 0.15) is 65.9 Å². The molecule has 3 heterocycles. The third-order valence-corrected chi connectivity index (χ3v) is 8.11. The predicted octanol–water partition coefficient (Wildman–Crippen LogP) is 4.23. The monoisotopic (exact) mass is 500 g/mol. The SMILES string of the molecule is O=C(NCC(=O)N1CC[C@H]2[C@@H]1CCN2C1CCC(c2cccnc2)CC1)c1cccc(C(F)(F)F)c1. The lowest BCUT2D eigenvalue weighted by Gasteiger charge is -2.37. The van der Waals surface area contributed by atoms with E-state index in [1.54, 1.807) is 0 Å². The van der Waals surface area contributed by atoms with Crippen molar-refractivity contribution in [1.82, 2.24) is 20.1 Å². The number of hydrogen-bond donors (Lipinski definition) is 1. The summed E-state index contributed by atoms with van der Waals surface area (Å²) in [5, 5.41) is 2.51. The summed E-state index contributed by atoms with van der Waals surface area (Å²) in [6.45, 7) is 1.40. The Morgan fingerprint density at radius 2 is 1.75 bits per heavy atom. The standard InChI is InChI=1S/C27H31F3N4O2/c28-27(29,30)21-5-1-3-19(15-21)26(36)32-17-25(35)34-14-11-23-24(34)10-13-33(23)22-8-6-18(7-9-22)20-4-2-12-31-16-20/h1-5,12,15-16,18,22-24H,6-11,13-14,17H2,(H,32,36)/t18?,22?,23-,24-/m0/s1. The number of fused-ring (bicyclic) bond motifs is 1. The number of aromatic nitrogens is 1. The van der Waals surface area contributed by atoms with Crippen molar-refractivity contribution in [2.45, 2.75) is 68.7 Å². The van der Waals surface area contributed by atoms with Gasteiger partial charge in [-0.1, -0.05) is 12.1 Å². The zero-order valence-electron chi connectivity index (χ0n) is 20.1. The minimum absolute atomic E-state index is 0.106. The Bertz CT molecular complexity index is 1090. The highest BCUT2D eigenvalue weighted by Crippen LogP contribution is 2.40. The number of carbonyl (C=O) groups excluding carboxylic acids is 2. The van der Waals surface area contributed by atoms with Crippen LogP contribution in [0.15, 0.2) is 48.8 Å². The van der Waals surface area contributed by atoms with E-state index >= 15 is 0 Å². The van der Waals surface area contributed by atoms with Crippen LogP contribution in [-0.4, -0.2) is 64.4 Å². The Kier molecular flexibility index (Phi) is 7.01. The zero-order chi connectivity index (χ0) is 25.3. The van der Waals surface area contributed by atoms with Crippen molar-refractivity contribution in [3.8, 4) is 0 Å². The Hall–Kier alpha value is -2.94. The van der Waals surface area contributed by atoms with Crippen molar-refractivity contribution in [1.29, 1.82) is 0 Å². The first-order chi connectivity index (χ1) is 17.3. The molecule has 2 amide bonds. The number of pyridine rings is 1. The van der Waals surface area contributed by atoms with Crippen LogP contribution >= 0.6 is 0 Å². The zero-order valence-corrected chi connectivity index (χ0v) is 20.1. The smallest absolute Gasteiger partial charge is 0.343 e. The number of amides is 2. The lowest BCUT2D eigenvalue weighted by molar-refractivity contribution is -0.137. The number of likely N-dealkylation sites (tertiary alicyclic amines) is 2. The van der Waals surface area contributed by atoms with E-state index in [1.165, 1.54) is 17.7 Å². The molecule has 0 spiro atoms. The summed E-state index contributed by atoms with van der Waals surface area (Å²) in [7, 11) is 0. The molecule has 2 atom stereocenters. The number of nitrogens with zero attached hydrogens (tertiary/aromatic N) is 3. The molecule has 0 radical (unpaired) electrons. The fourth-order valence-corrected chi connectivity index (χ4v) is 6.34. The van der Waals surface area contributed by atoms with E-state index in [-0.39, 0.29) is 24.1 Å². The summed E-state index contributed by atoms with van der Waals surface area (Å²) < 4.78 is 38.8. The molecule has 3 aliphatic rings. The molecule has 6 nitrogen and oxygen atoms in total. The molecule has 5 rings (SSSR count). The fraction of sp³-hybridized carbons (Fsp3) is 0.519. The van der Waals surface area contributed by atoms with E-state index in [9.17, 15) is 22.8 Å². The van der Waals surface area contributed by atoms with E-state index in [4.69, 9.17) is 0 Å². The average Bonchev–Trinajstić information content (AvgIpc) is 3.50. The molecular formula is C27H31F3N4O2. The first kappa shape index (κ1) is 24.7. The summed E-state index contributed by atoms with van der Waals surface area (Å²) >= 11 is 0. The predicted molar refractivity (Wildman–Crippen MR) is 128 cm³/mol. The Balaban J connectivity index is 1.13.